The topological polar surface area (TPSA) is 41.1 Å². The number of amides is 1. The van der Waals surface area contributed by atoms with Gasteiger partial charge in [-0.2, -0.15) is 0 Å². The maximum Gasteiger partial charge on any atom is 0.220 e. The Bertz CT molecular complexity index is 478. The van der Waals surface area contributed by atoms with Crippen molar-refractivity contribution in [3.63, 3.8) is 0 Å². The van der Waals surface area contributed by atoms with E-state index in [2.05, 4.69) is 64.7 Å². The number of hydrogen-bond donors (Lipinski definition) is 2. The molecule has 0 bridgehead atoms. The Balaban J connectivity index is 1.75. The van der Waals surface area contributed by atoms with Crippen LogP contribution >= 0.6 is 15.9 Å². The largest absolute Gasteiger partial charge is 0.355 e. The third kappa shape index (κ3) is 5.40. The monoisotopic (exact) mass is 366 g/mol. The Morgan fingerprint density at radius 1 is 1.27 bits per heavy atom. The second kappa shape index (κ2) is 8.11. The number of hydrogen-bond acceptors (Lipinski definition) is 2. The van der Waals surface area contributed by atoms with E-state index >= 15 is 0 Å². The molecule has 1 aliphatic rings. The van der Waals surface area contributed by atoms with Crippen LogP contribution in [-0.2, 0) is 10.2 Å². The molecule has 1 aliphatic heterocycles. The Morgan fingerprint density at radius 3 is 2.55 bits per heavy atom. The van der Waals surface area contributed by atoms with Gasteiger partial charge in [0.25, 0.3) is 0 Å². The highest BCUT2D eigenvalue weighted by atomic mass is 79.9. The van der Waals surface area contributed by atoms with Gasteiger partial charge in [0.2, 0.25) is 5.91 Å². The lowest BCUT2D eigenvalue weighted by Crippen LogP contribution is -2.37. The van der Waals surface area contributed by atoms with Gasteiger partial charge in [-0.1, -0.05) is 41.9 Å². The van der Waals surface area contributed by atoms with E-state index in [0.29, 0.717) is 18.9 Å². The highest BCUT2D eigenvalue weighted by molar-refractivity contribution is 9.10. The molecular formula is C18H27BrN2O. The summed E-state index contributed by atoms with van der Waals surface area (Å²) in [4.78, 5) is 12.1. The smallest absolute Gasteiger partial charge is 0.220 e. The Morgan fingerprint density at radius 2 is 1.91 bits per heavy atom. The van der Waals surface area contributed by atoms with Crippen molar-refractivity contribution >= 4 is 21.8 Å². The molecule has 1 fully saturated rings. The van der Waals surface area contributed by atoms with Gasteiger partial charge in [-0.25, -0.2) is 0 Å². The zero-order valence-electron chi connectivity index (χ0n) is 13.6. The van der Waals surface area contributed by atoms with Crippen LogP contribution in [0.5, 0.6) is 0 Å². The van der Waals surface area contributed by atoms with Crippen LogP contribution in [0, 0.1) is 5.92 Å². The van der Waals surface area contributed by atoms with Gasteiger partial charge in [0.05, 0.1) is 0 Å². The first-order chi connectivity index (χ1) is 10.5. The first-order valence-corrected chi connectivity index (χ1v) is 9.00. The van der Waals surface area contributed by atoms with Crippen molar-refractivity contribution in [3.8, 4) is 0 Å². The van der Waals surface area contributed by atoms with Crippen molar-refractivity contribution in [1.82, 2.24) is 10.6 Å². The van der Waals surface area contributed by atoms with Crippen molar-refractivity contribution in [3.05, 3.63) is 34.3 Å². The molecule has 2 N–H and O–H groups in total. The van der Waals surface area contributed by atoms with Crippen LogP contribution in [0.4, 0.5) is 0 Å². The summed E-state index contributed by atoms with van der Waals surface area (Å²) >= 11 is 3.46. The van der Waals surface area contributed by atoms with E-state index in [1.54, 1.807) is 0 Å². The molecular weight excluding hydrogens is 340 g/mol. The summed E-state index contributed by atoms with van der Waals surface area (Å²) in [5.41, 5.74) is 1.19. The third-order valence-electron chi connectivity index (χ3n) is 4.59. The van der Waals surface area contributed by atoms with Gasteiger partial charge in [-0.15, -0.1) is 0 Å². The lowest BCUT2D eigenvalue weighted by molar-refractivity contribution is -0.121. The van der Waals surface area contributed by atoms with E-state index in [1.165, 1.54) is 18.4 Å². The van der Waals surface area contributed by atoms with E-state index in [0.717, 1.165) is 24.0 Å². The molecule has 1 aromatic rings. The zero-order chi connectivity index (χ0) is 16.0. The SMILES string of the molecule is CC(C)(CNC(=O)CCC1CCNCC1)c1ccc(Br)cc1. The van der Waals surface area contributed by atoms with Gasteiger partial charge in [-0.3, -0.25) is 4.79 Å². The number of carbonyl (C=O) groups is 1. The van der Waals surface area contributed by atoms with Crippen LogP contribution in [0.15, 0.2) is 28.7 Å². The average Bonchev–Trinajstić information content (AvgIpc) is 2.52. The lowest BCUT2D eigenvalue weighted by Gasteiger charge is -2.26. The molecule has 2 rings (SSSR count). The lowest BCUT2D eigenvalue weighted by atomic mass is 9.84. The van der Waals surface area contributed by atoms with Crippen LogP contribution in [0.2, 0.25) is 0 Å². The molecule has 0 unspecified atom stereocenters. The van der Waals surface area contributed by atoms with Gasteiger partial charge in [0, 0.05) is 22.9 Å². The molecule has 0 radical (unpaired) electrons. The third-order valence-corrected chi connectivity index (χ3v) is 5.12. The van der Waals surface area contributed by atoms with Crippen molar-refractivity contribution in [2.24, 2.45) is 5.92 Å². The number of benzene rings is 1. The minimum Gasteiger partial charge on any atom is -0.355 e. The average molecular weight is 367 g/mol. The molecule has 3 nitrogen and oxygen atoms in total. The molecule has 0 saturated carbocycles. The number of rotatable bonds is 6. The van der Waals surface area contributed by atoms with Gasteiger partial charge >= 0.3 is 0 Å². The molecule has 0 spiro atoms. The fourth-order valence-corrected chi connectivity index (χ4v) is 3.18. The summed E-state index contributed by atoms with van der Waals surface area (Å²) in [5.74, 6) is 0.898. The number of piperidine rings is 1. The van der Waals surface area contributed by atoms with Gasteiger partial charge in [0.1, 0.15) is 0 Å². The summed E-state index contributed by atoms with van der Waals surface area (Å²) in [5, 5.41) is 6.47. The minimum atomic E-state index is -0.0505. The van der Waals surface area contributed by atoms with E-state index in [4.69, 9.17) is 0 Å². The molecule has 0 atom stereocenters. The van der Waals surface area contributed by atoms with Crippen LogP contribution < -0.4 is 10.6 Å². The zero-order valence-corrected chi connectivity index (χ0v) is 15.2. The molecule has 1 amide bonds. The van der Waals surface area contributed by atoms with Crippen molar-refractivity contribution in [1.29, 1.82) is 0 Å². The van der Waals surface area contributed by atoms with Crippen LogP contribution in [0.3, 0.4) is 0 Å². The summed E-state index contributed by atoms with van der Waals surface area (Å²) in [6.45, 7) is 7.22. The first-order valence-electron chi connectivity index (χ1n) is 8.21. The summed E-state index contributed by atoms with van der Waals surface area (Å²) < 4.78 is 1.08. The summed E-state index contributed by atoms with van der Waals surface area (Å²) in [6.07, 6.45) is 4.09. The van der Waals surface area contributed by atoms with E-state index in [9.17, 15) is 4.79 Å². The molecule has 1 saturated heterocycles. The number of nitrogens with one attached hydrogen (secondary N) is 2. The summed E-state index contributed by atoms with van der Waals surface area (Å²) in [7, 11) is 0. The highest BCUT2D eigenvalue weighted by Gasteiger charge is 2.21. The maximum atomic E-state index is 12.1. The minimum absolute atomic E-state index is 0.0505. The Kier molecular flexibility index (Phi) is 6.45. The predicted molar refractivity (Wildman–Crippen MR) is 95.0 cm³/mol. The fraction of sp³-hybridized carbons (Fsp3) is 0.611. The second-order valence-corrected chi connectivity index (χ2v) is 7.82. The fourth-order valence-electron chi connectivity index (χ4n) is 2.92. The predicted octanol–water partition coefficient (Wildman–Crippen LogP) is 3.62. The molecule has 1 heterocycles. The normalized spacial score (nSPS) is 16.5. The maximum absolute atomic E-state index is 12.1. The van der Waals surface area contributed by atoms with Gasteiger partial charge in [0.15, 0.2) is 0 Å². The van der Waals surface area contributed by atoms with E-state index < -0.39 is 0 Å². The Labute approximate surface area is 142 Å². The van der Waals surface area contributed by atoms with Crippen molar-refractivity contribution in [2.45, 2.75) is 44.9 Å². The van der Waals surface area contributed by atoms with Gasteiger partial charge in [-0.05, 0) is 56.0 Å². The van der Waals surface area contributed by atoms with E-state index in [1.807, 2.05) is 0 Å². The number of halogens is 1. The Hall–Kier alpha value is -0.870. The molecule has 0 aromatic heterocycles. The molecule has 0 aliphatic carbocycles. The van der Waals surface area contributed by atoms with Crippen molar-refractivity contribution < 1.29 is 4.79 Å². The van der Waals surface area contributed by atoms with Crippen molar-refractivity contribution in [2.75, 3.05) is 19.6 Å². The molecule has 22 heavy (non-hydrogen) atoms. The standard InChI is InChI=1S/C18H27BrN2O/c1-18(2,15-4-6-16(19)7-5-15)13-21-17(22)8-3-14-9-11-20-12-10-14/h4-7,14,20H,3,8-13H2,1-2H3,(H,21,22). The van der Waals surface area contributed by atoms with Crippen LogP contribution in [-0.4, -0.2) is 25.5 Å². The quantitative estimate of drug-likeness (QED) is 0.806. The molecule has 1 aromatic carbocycles. The second-order valence-electron chi connectivity index (χ2n) is 6.90. The van der Waals surface area contributed by atoms with Crippen LogP contribution in [0.1, 0.15) is 45.1 Å². The van der Waals surface area contributed by atoms with E-state index in [-0.39, 0.29) is 11.3 Å². The number of carbonyl (C=O) groups excluding carboxylic acids is 1. The summed E-state index contributed by atoms with van der Waals surface area (Å²) in [6, 6.07) is 8.34. The highest BCUT2D eigenvalue weighted by Crippen LogP contribution is 2.24. The molecule has 4 heteroatoms. The molecule has 122 valence electrons. The van der Waals surface area contributed by atoms with Gasteiger partial charge < -0.3 is 10.6 Å². The van der Waals surface area contributed by atoms with Crippen LogP contribution in [0.25, 0.3) is 0 Å². The first kappa shape index (κ1) is 17.5.